The summed E-state index contributed by atoms with van der Waals surface area (Å²) in [6.07, 6.45) is 5.70. The molecule has 0 spiro atoms. The van der Waals surface area contributed by atoms with Gasteiger partial charge in [-0.2, -0.15) is 0 Å². The van der Waals surface area contributed by atoms with E-state index in [1.165, 1.54) is 65.0 Å². The van der Waals surface area contributed by atoms with Crippen molar-refractivity contribution < 1.29 is 0 Å². The highest BCUT2D eigenvalue weighted by Gasteiger charge is 2.38. The van der Waals surface area contributed by atoms with Gasteiger partial charge in [0.2, 0.25) is 0 Å². The summed E-state index contributed by atoms with van der Waals surface area (Å²) in [6.45, 7) is 10.3. The molecule has 3 heteroatoms. The Morgan fingerprint density at radius 3 is 2.11 bits per heavy atom. The molecular formula is C15H29N3. The Balaban J connectivity index is 1.46. The van der Waals surface area contributed by atoms with E-state index in [4.69, 9.17) is 0 Å². The number of likely N-dealkylation sites (N-methyl/N-ethyl adjacent to an activating group) is 1. The first kappa shape index (κ1) is 12.9. The summed E-state index contributed by atoms with van der Waals surface area (Å²) in [5.74, 6) is 0.959. The fraction of sp³-hybridized carbons (Fsp3) is 1.00. The van der Waals surface area contributed by atoms with E-state index in [1.54, 1.807) is 0 Å². The first-order valence-corrected chi connectivity index (χ1v) is 7.89. The molecule has 3 heterocycles. The second-order valence-corrected chi connectivity index (χ2v) is 6.87. The van der Waals surface area contributed by atoms with Gasteiger partial charge in [0.25, 0.3) is 0 Å². The van der Waals surface area contributed by atoms with Gasteiger partial charge in [-0.15, -0.1) is 0 Å². The lowest BCUT2D eigenvalue weighted by molar-refractivity contribution is 0.0665. The van der Waals surface area contributed by atoms with Crippen LogP contribution in [0.1, 0.15) is 32.6 Å². The summed E-state index contributed by atoms with van der Waals surface area (Å²) in [5, 5.41) is 0. The van der Waals surface area contributed by atoms with E-state index in [2.05, 4.69) is 28.7 Å². The Labute approximate surface area is 112 Å². The molecule has 3 rings (SSSR count). The molecule has 0 aromatic rings. The predicted octanol–water partition coefficient (Wildman–Crippen LogP) is 1.50. The van der Waals surface area contributed by atoms with Crippen molar-refractivity contribution in [3.05, 3.63) is 0 Å². The molecule has 0 aromatic carbocycles. The normalized spacial score (nSPS) is 36.3. The van der Waals surface area contributed by atoms with Crippen molar-refractivity contribution in [1.29, 1.82) is 0 Å². The predicted molar refractivity (Wildman–Crippen MR) is 75.9 cm³/mol. The van der Waals surface area contributed by atoms with Crippen LogP contribution in [0.4, 0.5) is 0 Å². The fourth-order valence-corrected chi connectivity index (χ4v) is 4.11. The third-order valence-corrected chi connectivity index (χ3v) is 5.37. The second-order valence-electron chi connectivity index (χ2n) is 6.87. The molecule has 3 aliphatic heterocycles. The maximum Gasteiger partial charge on any atom is 0.0227 e. The monoisotopic (exact) mass is 251 g/mol. The summed E-state index contributed by atoms with van der Waals surface area (Å²) in [6, 6.07) is 1.72. The molecule has 2 bridgehead atoms. The molecule has 2 atom stereocenters. The summed E-state index contributed by atoms with van der Waals surface area (Å²) >= 11 is 0. The van der Waals surface area contributed by atoms with E-state index in [9.17, 15) is 0 Å². The van der Waals surface area contributed by atoms with E-state index in [-0.39, 0.29) is 0 Å². The summed E-state index contributed by atoms with van der Waals surface area (Å²) < 4.78 is 0. The van der Waals surface area contributed by atoms with Crippen LogP contribution in [0.15, 0.2) is 0 Å². The molecule has 0 aromatic heterocycles. The average molecular weight is 251 g/mol. The Morgan fingerprint density at radius 2 is 1.50 bits per heavy atom. The van der Waals surface area contributed by atoms with Gasteiger partial charge in [-0.3, -0.25) is 4.90 Å². The first-order chi connectivity index (χ1) is 8.72. The smallest absolute Gasteiger partial charge is 0.0227 e. The van der Waals surface area contributed by atoms with Gasteiger partial charge in [0.15, 0.2) is 0 Å². The lowest BCUT2D eigenvalue weighted by Gasteiger charge is -2.41. The number of fused-ring (bicyclic) bond motifs is 2. The van der Waals surface area contributed by atoms with Gasteiger partial charge in [0.05, 0.1) is 0 Å². The minimum Gasteiger partial charge on any atom is -0.303 e. The molecule has 3 nitrogen and oxygen atoms in total. The lowest BCUT2D eigenvalue weighted by Crippen LogP contribution is -2.54. The topological polar surface area (TPSA) is 9.72 Å². The number of hydrogen-bond acceptors (Lipinski definition) is 3. The van der Waals surface area contributed by atoms with Crippen LogP contribution in [-0.2, 0) is 0 Å². The van der Waals surface area contributed by atoms with Crippen molar-refractivity contribution in [2.24, 2.45) is 5.92 Å². The van der Waals surface area contributed by atoms with Crippen molar-refractivity contribution in [3.63, 3.8) is 0 Å². The van der Waals surface area contributed by atoms with Crippen LogP contribution in [0.2, 0.25) is 0 Å². The van der Waals surface area contributed by atoms with Crippen molar-refractivity contribution in [2.45, 2.75) is 44.7 Å². The maximum atomic E-state index is 2.82. The lowest BCUT2D eigenvalue weighted by atomic mass is 9.99. The summed E-state index contributed by atoms with van der Waals surface area (Å²) in [4.78, 5) is 8.04. The quantitative estimate of drug-likeness (QED) is 0.752. The third-order valence-electron chi connectivity index (χ3n) is 5.37. The Morgan fingerprint density at radius 1 is 0.889 bits per heavy atom. The van der Waals surface area contributed by atoms with Crippen LogP contribution in [-0.4, -0.2) is 73.1 Å². The van der Waals surface area contributed by atoms with Gasteiger partial charge in [0, 0.05) is 38.3 Å². The molecular weight excluding hydrogens is 222 g/mol. The van der Waals surface area contributed by atoms with E-state index in [1.807, 2.05) is 0 Å². The summed E-state index contributed by atoms with van der Waals surface area (Å²) in [5.41, 5.74) is 0. The molecule has 0 saturated carbocycles. The molecule has 3 aliphatic rings. The van der Waals surface area contributed by atoms with E-state index >= 15 is 0 Å². The number of rotatable bonds is 3. The van der Waals surface area contributed by atoms with E-state index < -0.39 is 0 Å². The van der Waals surface area contributed by atoms with Crippen molar-refractivity contribution in [3.8, 4) is 0 Å². The van der Waals surface area contributed by atoms with Crippen LogP contribution in [0.5, 0.6) is 0 Å². The van der Waals surface area contributed by atoms with Crippen LogP contribution >= 0.6 is 0 Å². The number of hydrogen-bond donors (Lipinski definition) is 0. The van der Waals surface area contributed by atoms with Crippen LogP contribution in [0.25, 0.3) is 0 Å². The minimum atomic E-state index is 0.859. The van der Waals surface area contributed by atoms with E-state index in [0.717, 1.165) is 18.0 Å². The Kier molecular flexibility index (Phi) is 3.92. The van der Waals surface area contributed by atoms with Crippen molar-refractivity contribution in [2.75, 3.05) is 46.3 Å². The third kappa shape index (κ3) is 2.73. The minimum absolute atomic E-state index is 0.859. The molecule has 0 N–H and O–H groups in total. The Bertz CT molecular complexity index is 259. The zero-order valence-corrected chi connectivity index (χ0v) is 12.1. The van der Waals surface area contributed by atoms with Gasteiger partial charge in [-0.1, -0.05) is 6.92 Å². The van der Waals surface area contributed by atoms with Crippen LogP contribution in [0.3, 0.4) is 0 Å². The highest BCUT2D eigenvalue weighted by atomic mass is 15.3. The molecule has 2 unspecified atom stereocenters. The van der Waals surface area contributed by atoms with Gasteiger partial charge < -0.3 is 9.80 Å². The van der Waals surface area contributed by atoms with Gasteiger partial charge in [-0.05, 0) is 51.7 Å². The zero-order valence-electron chi connectivity index (χ0n) is 12.1. The summed E-state index contributed by atoms with van der Waals surface area (Å²) in [7, 11) is 2.29. The molecule has 0 amide bonds. The molecule has 18 heavy (non-hydrogen) atoms. The first-order valence-electron chi connectivity index (χ1n) is 7.89. The highest BCUT2D eigenvalue weighted by Crippen LogP contribution is 2.29. The maximum absolute atomic E-state index is 2.82. The molecule has 0 radical (unpaired) electrons. The molecule has 3 fully saturated rings. The van der Waals surface area contributed by atoms with E-state index in [0.29, 0.717) is 0 Å². The number of likely N-dealkylation sites (tertiary alicyclic amines) is 2. The average Bonchev–Trinajstić information content (AvgIpc) is 2.60. The van der Waals surface area contributed by atoms with Crippen LogP contribution in [0, 0.1) is 5.92 Å². The fourth-order valence-electron chi connectivity index (χ4n) is 4.11. The van der Waals surface area contributed by atoms with Gasteiger partial charge in [-0.25, -0.2) is 0 Å². The molecule has 104 valence electrons. The number of piperazine rings is 1. The largest absolute Gasteiger partial charge is 0.303 e. The van der Waals surface area contributed by atoms with Crippen molar-refractivity contribution >= 4 is 0 Å². The van der Waals surface area contributed by atoms with Crippen LogP contribution < -0.4 is 0 Å². The SMILES string of the molecule is CC1CCN(CCN2C3CCC2CN(C)C3)CC1. The second kappa shape index (κ2) is 5.48. The highest BCUT2D eigenvalue weighted by molar-refractivity contribution is 4.95. The zero-order chi connectivity index (χ0) is 12.5. The molecule has 3 saturated heterocycles. The van der Waals surface area contributed by atoms with Crippen molar-refractivity contribution in [1.82, 2.24) is 14.7 Å². The number of piperidine rings is 1. The molecule has 0 aliphatic carbocycles. The van der Waals surface area contributed by atoms with Gasteiger partial charge in [0.1, 0.15) is 0 Å². The van der Waals surface area contributed by atoms with Gasteiger partial charge >= 0.3 is 0 Å². The number of nitrogens with zero attached hydrogens (tertiary/aromatic N) is 3. The standard InChI is InChI=1S/C15H29N3/c1-13-5-7-17(8-6-13)9-10-18-14-3-4-15(18)12-16(2)11-14/h13-15H,3-12H2,1-2H3. The Hall–Kier alpha value is -0.120.